The highest BCUT2D eigenvalue weighted by atomic mass is 16.3. The summed E-state index contributed by atoms with van der Waals surface area (Å²) >= 11 is 0. The van der Waals surface area contributed by atoms with Gasteiger partial charge in [-0.3, -0.25) is 23.9 Å². The van der Waals surface area contributed by atoms with Crippen molar-refractivity contribution in [3.8, 4) is 11.9 Å². The summed E-state index contributed by atoms with van der Waals surface area (Å²) in [5.74, 6) is -1.32. The molecule has 0 aromatic carbocycles. The average Bonchev–Trinajstić information content (AvgIpc) is 2.82. The lowest BCUT2D eigenvalue weighted by atomic mass is 9.95. The van der Waals surface area contributed by atoms with E-state index in [1.165, 1.54) is 0 Å². The van der Waals surface area contributed by atoms with Crippen LogP contribution < -0.4 is 5.56 Å². The summed E-state index contributed by atoms with van der Waals surface area (Å²) in [5, 5.41) is 19.4. The van der Waals surface area contributed by atoms with E-state index in [0.717, 1.165) is 9.47 Å². The highest BCUT2D eigenvalue weighted by Gasteiger charge is 2.33. The lowest BCUT2D eigenvalue weighted by molar-refractivity contribution is -0.140. The lowest BCUT2D eigenvalue weighted by Crippen LogP contribution is -2.42. The van der Waals surface area contributed by atoms with E-state index in [4.69, 9.17) is 6.57 Å². The fourth-order valence-electron chi connectivity index (χ4n) is 3.52. The van der Waals surface area contributed by atoms with E-state index < -0.39 is 11.8 Å². The van der Waals surface area contributed by atoms with Crippen LogP contribution >= 0.6 is 0 Å². The second-order valence-corrected chi connectivity index (χ2v) is 7.43. The van der Waals surface area contributed by atoms with Gasteiger partial charge in [0.05, 0.1) is 6.57 Å². The van der Waals surface area contributed by atoms with Gasteiger partial charge in [-0.1, -0.05) is 48.6 Å². The van der Waals surface area contributed by atoms with E-state index in [2.05, 4.69) is 4.85 Å². The lowest BCUT2D eigenvalue weighted by Gasteiger charge is -2.25. The van der Waals surface area contributed by atoms with Crippen LogP contribution in [-0.4, -0.2) is 32.9 Å². The Labute approximate surface area is 204 Å². The molecule has 0 unspecified atom stereocenters. The summed E-state index contributed by atoms with van der Waals surface area (Å²) in [7, 11) is 0. The number of carbonyl (C=O) groups excluding carboxylic acids is 2. The second-order valence-electron chi connectivity index (χ2n) is 7.43. The summed E-state index contributed by atoms with van der Waals surface area (Å²) in [5.41, 5.74) is 1.08. The molecule has 0 saturated carbocycles. The van der Waals surface area contributed by atoms with Crippen LogP contribution in [0.15, 0.2) is 70.1 Å². The predicted octanol–water partition coefficient (Wildman–Crippen LogP) is 4.27. The average molecular weight is 471 g/mol. The van der Waals surface area contributed by atoms with Gasteiger partial charge in [-0.15, -0.1) is 0 Å². The van der Waals surface area contributed by atoms with Crippen LogP contribution in [0.4, 0.5) is 5.69 Å². The van der Waals surface area contributed by atoms with Crippen molar-refractivity contribution in [2.24, 2.45) is 0 Å². The summed E-state index contributed by atoms with van der Waals surface area (Å²) in [6.07, 6.45) is 15.1. The maximum atomic E-state index is 12.6. The molecule has 1 aliphatic rings. The number of rotatable bonds is 7. The molecule has 1 N–H and O–H groups in total. The van der Waals surface area contributed by atoms with E-state index in [-0.39, 0.29) is 35.8 Å². The quantitative estimate of drug-likeness (QED) is 0.277. The first-order chi connectivity index (χ1) is 16.7. The normalized spacial score (nSPS) is 15.9. The van der Waals surface area contributed by atoms with Crippen molar-refractivity contribution in [3.63, 3.8) is 0 Å². The van der Waals surface area contributed by atoms with Crippen LogP contribution in [0.1, 0.15) is 31.9 Å². The fourth-order valence-corrected chi connectivity index (χ4v) is 3.52. The number of imide groups is 1. The molecule has 0 spiro atoms. The van der Waals surface area contributed by atoms with Gasteiger partial charge in [-0.2, -0.15) is 5.26 Å². The third-order valence-corrected chi connectivity index (χ3v) is 5.46. The van der Waals surface area contributed by atoms with Gasteiger partial charge in [-0.25, -0.2) is 4.85 Å². The number of amides is 2. The molecular weight excluding hydrogens is 444 g/mol. The molecule has 178 valence electrons. The Morgan fingerprint density at radius 2 is 1.57 bits per heavy atom. The number of aromatic nitrogens is 1. The minimum absolute atomic E-state index is 0.0329. The molecule has 2 rings (SSSR count). The SMILES string of the molecule is [C-]#[N+]c1c(C)c(/C=C/C=C/C=C/C=C/C=C2/C(=O)N(CC)C(=O)C(C#N)=C2C)c(=O)n(CC)c1O. The molecule has 0 bridgehead atoms. The molecule has 8 heteroatoms. The maximum Gasteiger partial charge on any atom is 0.271 e. The second kappa shape index (κ2) is 12.0. The molecular formula is C27H26N4O4. The van der Waals surface area contributed by atoms with Gasteiger partial charge in [0.2, 0.25) is 5.69 Å². The van der Waals surface area contributed by atoms with Crippen molar-refractivity contribution in [1.82, 2.24) is 9.47 Å². The van der Waals surface area contributed by atoms with Crippen LogP contribution in [-0.2, 0) is 16.1 Å². The number of pyridine rings is 1. The van der Waals surface area contributed by atoms with Crippen molar-refractivity contribution < 1.29 is 14.7 Å². The third-order valence-electron chi connectivity index (χ3n) is 5.46. The van der Waals surface area contributed by atoms with Gasteiger partial charge < -0.3 is 5.11 Å². The fraction of sp³-hybridized carbons (Fsp3) is 0.222. The minimum atomic E-state index is -0.571. The van der Waals surface area contributed by atoms with Gasteiger partial charge in [-0.05, 0) is 44.9 Å². The predicted molar refractivity (Wildman–Crippen MR) is 134 cm³/mol. The zero-order valence-electron chi connectivity index (χ0n) is 20.1. The molecule has 35 heavy (non-hydrogen) atoms. The molecule has 0 fully saturated rings. The number of aromatic hydroxyl groups is 1. The van der Waals surface area contributed by atoms with Crippen molar-refractivity contribution in [1.29, 1.82) is 5.26 Å². The van der Waals surface area contributed by atoms with E-state index in [0.29, 0.717) is 22.3 Å². The van der Waals surface area contributed by atoms with E-state index >= 15 is 0 Å². The van der Waals surface area contributed by atoms with Crippen LogP contribution in [0.25, 0.3) is 10.9 Å². The Morgan fingerprint density at radius 1 is 0.971 bits per heavy atom. The first-order valence-electron chi connectivity index (χ1n) is 10.9. The molecule has 1 aromatic rings. The topological polar surface area (TPSA) is 108 Å². The number of nitriles is 1. The maximum absolute atomic E-state index is 12.6. The number of hydrogen-bond donors (Lipinski definition) is 1. The van der Waals surface area contributed by atoms with E-state index in [1.54, 1.807) is 82.4 Å². The molecule has 0 radical (unpaired) electrons. The largest absolute Gasteiger partial charge is 0.503 e. The number of likely N-dealkylation sites (N-methyl/N-ethyl adjacent to an activating group) is 1. The van der Waals surface area contributed by atoms with Crippen LogP contribution in [0.3, 0.4) is 0 Å². The van der Waals surface area contributed by atoms with Crippen molar-refractivity contribution in [2.45, 2.75) is 34.2 Å². The molecule has 0 saturated heterocycles. The number of carbonyl (C=O) groups is 2. The molecule has 0 aliphatic carbocycles. The Hall–Kier alpha value is -4.69. The van der Waals surface area contributed by atoms with E-state index in [9.17, 15) is 24.8 Å². The monoisotopic (exact) mass is 470 g/mol. The summed E-state index contributed by atoms with van der Waals surface area (Å²) in [6, 6.07) is 1.88. The zero-order chi connectivity index (χ0) is 26.1. The number of nitrogens with zero attached hydrogens (tertiary/aromatic N) is 4. The van der Waals surface area contributed by atoms with E-state index in [1.807, 2.05) is 6.07 Å². The molecule has 2 amide bonds. The van der Waals surface area contributed by atoms with Crippen LogP contribution in [0.2, 0.25) is 0 Å². The first-order valence-corrected chi connectivity index (χ1v) is 10.9. The van der Waals surface area contributed by atoms with Crippen molar-refractivity contribution >= 4 is 23.6 Å². The van der Waals surface area contributed by atoms with Gasteiger partial charge in [0.25, 0.3) is 17.4 Å². The van der Waals surface area contributed by atoms with Crippen molar-refractivity contribution in [3.05, 3.63) is 98.2 Å². The Bertz CT molecular complexity index is 1370. The molecule has 0 atom stereocenters. The van der Waals surface area contributed by atoms with Gasteiger partial charge in [0, 0.05) is 24.2 Å². The summed E-state index contributed by atoms with van der Waals surface area (Å²) in [4.78, 5) is 41.6. The Morgan fingerprint density at radius 3 is 2.11 bits per heavy atom. The third kappa shape index (κ3) is 5.45. The van der Waals surface area contributed by atoms with Crippen LogP contribution in [0, 0.1) is 24.8 Å². The van der Waals surface area contributed by atoms with Gasteiger partial charge >= 0.3 is 0 Å². The molecule has 8 nitrogen and oxygen atoms in total. The highest BCUT2D eigenvalue weighted by Crippen LogP contribution is 2.31. The van der Waals surface area contributed by atoms with Crippen LogP contribution in [0.5, 0.6) is 5.88 Å². The minimum Gasteiger partial charge on any atom is -0.503 e. The standard InChI is InChI=1S/C27H26N4O4/c1-6-30-24(32)20(18(3)22(17-28)26(30)34)15-13-11-9-8-10-12-14-16-21-19(4)23(29-5)27(35)31(7-2)25(21)33/h8-16,35H,6-7H2,1-4H3/b9-8+,12-10+,13-11+,16-14+,20-15+. The Kier molecular flexibility index (Phi) is 9.08. The molecule has 2 heterocycles. The first kappa shape index (κ1) is 26.6. The Balaban J connectivity index is 2.15. The van der Waals surface area contributed by atoms with Gasteiger partial charge in [0.15, 0.2) is 5.88 Å². The molecule has 1 aliphatic heterocycles. The number of allylic oxidation sites excluding steroid dienone is 8. The van der Waals surface area contributed by atoms with Gasteiger partial charge in [0.1, 0.15) is 11.6 Å². The smallest absolute Gasteiger partial charge is 0.271 e. The summed E-state index contributed by atoms with van der Waals surface area (Å²) < 4.78 is 1.16. The zero-order valence-corrected chi connectivity index (χ0v) is 20.1. The summed E-state index contributed by atoms with van der Waals surface area (Å²) in [6.45, 7) is 14.3. The molecule has 1 aromatic heterocycles. The highest BCUT2D eigenvalue weighted by molar-refractivity contribution is 6.18. The van der Waals surface area contributed by atoms with Crippen molar-refractivity contribution in [2.75, 3.05) is 6.54 Å². The number of hydrogen-bond acceptors (Lipinski definition) is 5.